The number of hydrogen-bond acceptors (Lipinski definition) is 3. The molecule has 0 spiro atoms. The van der Waals surface area contributed by atoms with E-state index in [1.165, 1.54) is 14.0 Å². The Hall–Kier alpha value is -2.53. The van der Waals surface area contributed by atoms with Crippen LogP contribution >= 0.6 is 11.6 Å². The van der Waals surface area contributed by atoms with Gasteiger partial charge in [-0.2, -0.15) is 0 Å². The number of ether oxygens (including phenoxy) is 1. The van der Waals surface area contributed by atoms with E-state index in [1.54, 1.807) is 42.5 Å². The minimum absolute atomic E-state index is 0.141. The number of nitrogens with one attached hydrogen (secondary N) is 2. The molecule has 23 heavy (non-hydrogen) atoms. The summed E-state index contributed by atoms with van der Waals surface area (Å²) in [6, 6.07) is 12.1. The predicted octanol–water partition coefficient (Wildman–Crippen LogP) is 3.49. The van der Waals surface area contributed by atoms with Crippen LogP contribution in [0, 0.1) is 0 Å². The summed E-state index contributed by atoms with van der Waals surface area (Å²) in [6.07, 6.45) is 0.206. The van der Waals surface area contributed by atoms with Crippen molar-refractivity contribution in [1.82, 2.24) is 0 Å². The molecule has 2 N–H and O–H groups in total. The lowest BCUT2D eigenvalue weighted by Crippen LogP contribution is -2.14. The highest BCUT2D eigenvalue weighted by Crippen LogP contribution is 2.25. The van der Waals surface area contributed by atoms with Crippen LogP contribution in [0.1, 0.15) is 12.5 Å². The smallest absolute Gasteiger partial charge is 0.228 e. The fraction of sp³-hybridized carbons (Fsp3) is 0.176. The molecule has 0 fully saturated rings. The maximum Gasteiger partial charge on any atom is 0.228 e. The molecule has 0 heterocycles. The molecule has 0 unspecified atom stereocenters. The number of anilines is 2. The lowest BCUT2D eigenvalue weighted by atomic mass is 10.1. The van der Waals surface area contributed by atoms with Crippen LogP contribution in [0.5, 0.6) is 5.75 Å². The molecule has 0 atom stereocenters. The number of carbonyl (C=O) groups excluding carboxylic acids is 2. The molecular weight excluding hydrogens is 316 g/mol. The molecular formula is C17H17ClN2O3. The topological polar surface area (TPSA) is 67.4 Å². The first kappa shape index (κ1) is 16.8. The van der Waals surface area contributed by atoms with E-state index in [4.69, 9.17) is 16.3 Å². The van der Waals surface area contributed by atoms with E-state index in [-0.39, 0.29) is 18.2 Å². The summed E-state index contributed by atoms with van der Waals surface area (Å²) in [4.78, 5) is 23.0. The number of methoxy groups -OCH3 is 1. The monoisotopic (exact) mass is 332 g/mol. The maximum atomic E-state index is 12.1. The molecule has 2 amide bonds. The van der Waals surface area contributed by atoms with Crippen LogP contribution in [0.15, 0.2) is 42.5 Å². The number of halogens is 1. The summed E-state index contributed by atoms with van der Waals surface area (Å²) in [5.74, 6) is 0.279. The minimum atomic E-state index is -0.154. The second-order valence-electron chi connectivity index (χ2n) is 4.95. The zero-order valence-corrected chi connectivity index (χ0v) is 13.6. The van der Waals surface area contributed by atoms with E-state index in [0.29, 0.717) is 22.1 Å². The number of amides is 2. The van der Waals surface area contributed by atoms with Gasteiger partial charge in [0.15, 0.2) is 0 Å². The number of benzene rings is 2. The molecule has 0 aliphatic rings. The largest absolute Gasteiger partial charge is 0.495 e. The molecule has 0 bridgehead atoms. The summed E-state index contributed by atoms with van der Waals surface area (Å²) in [6.45, 7) is 1.44. The van der Waals surface area contributed by atoms with E-state index < -0.39 is 0 Å². The van der Waals surface area contributed by atoms with Gasteiger partial charge >= 0.3 is 0 Å². The molecule has 0 saturated heterocycles. The summed E-state index contributed by atoms with van der Waals surface area (Å²) in [5.41, 5.74) is 2.13. The van der Waals surface area contributed by atoms with Crippen LogP contribution in [-0.4, -0.2) is 18.9 Å². The van der Waals surface area contributed by atoms with Gasteiger partial charge in [-0.1, -0.05) is 17.7 Å². The van der Waals surface area contributed by atoms with Crippen molar-refractivity contribution in [3.63, 3.8) is 0 Å². The lowest BCUT2D eigenvalue weighted by molar-refractivity contribution is -0.116. The Morgan fingerprint density at radius 1 is 1.04 bits per heavy atom. The van der Waals surface area contributed by atoms with Gasteiger partial charge in [-0.05, 0) is 42.0 Å². The standard InChI is InChI=1S/C17H17ClN2O3/c1-11(21)19-13-4-6-14(7-5-13)20-17(22)10-12-3-8-16(23-2)15(18)9-12/h3-9H,10H2,1-2H3,(H,19,21)(H,20,22). The molecule has 6 heteroatoms. The molecule has 0 aromatic heterocycles. The van der Waals surface area contributed by atoms with Crippen LogP contribution in [0.2, 0.25) is 5.02 Å². The van der Waals surface area contributed by atoms with Crippen molar-refractivity contribution in [2.45, 2.75) is 13.3 Å². The van der Waals surface area contributed by atoms with Gasteiger partial charge < -0.3 is 15.4 Å². The fourth-order valence-corrected chi connectivity index (χ4v) is 2.33. The summed E-state index contributed by atoms with van der Waals surface area (Å²) in [5, 5.41) is 5.93. The quantitative estimate of drug-likeness (QED) is 0.880. The van der Waals surface area contributed by atoms with E-state index in [9.17, 15) is 9.59 Å². The van der Waals surface area contributed by atoms with E-state index in [0.717, 1.165) is 5.56 Å². The van der Waals surface area contributed by atoms with Crippen molar-refractivity contribution < 1.29 is 14.3 Å². The van der Waals surface area contributed by atoms with Crippen LogP contribution in [-0.2, 0) is 16.0 Å². The first-order valence-corrected chi connectivity index (χ1v) is 7.35. The first-order chi connectivity index (χ1) is 11.0. The Morgan fingerprint density at radius 2 is 1.65 bits per heavy atom. The van der Waals surface area contributed by atoms with Gasteiger partial charge in [0.1, 0.15) is 5.75 Å². The second kappa shape index (κ2) is 7.65. The van der Waals surface area contributed by atoms with Crippen molar-refractivity contribution in [2.24, 2.45) is 0 Å². The van der Waals surface area contributed by atoms with Crippen molar-refractivity contribution in [3.05, 3.63) is 53.1 Å². The highest BCUT2D eigenvalue weighted by molar-refractivity contribution is 6.32. The number of carbonyl (C=O) groups is 2. The van der Waals surface area contributed by atoms with Crippen LogP contribution in [0.25, 0.3) is 0 Å². The van der Waals surface area contributed by atoms with Crippen molar-refractivity contribution in [1.29, 1.82) is 0 Å². The van der Waals surface area contributed by atoms with E-state index >= 15 is 0 Å². The molecule has 0 aliphatic heterocycles. The number of hydrogen-bond donors (Lipinski definition) is 2. The van der Waals surface area contributed by atoms with Gasteiger partial charge in [-0.3, -0.25) is 9.59 Å². The Bertz CT molecular complexity index is 714. The van der Waals surface area contributed by atoms with Crippen molar-refractivity contribution in [2.75, 3.05) is 17.7 Å². The third-order valence-corrected chi connectivity index (χ3v) is 3.37. The second-order valence-corrected chi connectivity index (χ2v) is 5.36. The van der Waals surface area contributed by atoms with Gasteiger partial charge in [0, 0.05) is 18.3 Å². The average Bonchev–Trinajstić information content (AvgIpc) is 2.49. The Morgan fingerprint density at radius 3 is 2.17 bits per heavy atom. The van der Waals surface area contributed by atoms with E-state index in [1.807, 2.05) is 0 Å². The molecule has 0 aliphatic carbocycles. The van der Waals surface area contributed by atoms with Gasteiger partial charge in [0.25, 0.3) is 0 Å². The van der Waals surface area contributed by atoms with Crippen LogP contribution in [0.3, 0.4) is 0 Å². The summed E-state index contributed by atoms with van der Waals surface area (Å²) >= 11 is 6.04. The molecule has 0 radical (unpaired) electrons. The molecule has 5 nitrogen and oxygen atoms in total. The van der Waals surface area contributed by atoms with Gasteiger partial charge in [0.2, 0.25) is 11.8 Å². The van der Waals surface area contributed by atoms with E-state index in [2.05, 4.69) is 10.6 Å². The van der Waals surface area contributed by atoms with Gasteiger partial charge in [-0.15, -0.1) is 0 Å². The SMILES string of the molecule is COc1ccc(CC(=O)Nc2ccc(NC(C)=O)cc2)cc1Cl. The average molecular weight is 333 g/mol. The van der Waals surface area contributed by atoms with Crippen LogP contribution in [0.4, 0.5) is 11.4 Å². The first-order valence-electron chi connectivity index (χ1n) is 6.98. The normalized spacial score (nSPS) is 10.0. The number of rotatable bonds is 5. The van der Waals surface area contributed by atoms with Gasteiger partial charge in [-0.25, -0.2) is 0 Å². The lowest BCUT2D eigenvalue weighted by Gasteiger charge is -2.08. The minimum Gasteiger partial charge on any atom is -0.495 e. The maximum absolute atomic E-state index is 12.1. The fourth-order valence-electron chi connectivity index (χ4n) is 2.05. The highest BCUT2D eigenvalue weighted by atomic mass is 35.5. The predicted molar refractivity (Wildman–Crippen MR) is 91.1 cm³/mol. The Kier molecular flexibility index (Phi) is 5.60. The summed E-state index contributed by atoms with van der Waals surface area (Å²) < 4.78 is 5.08. The van der Waals surface area contributed by atoms with Gasteiger partial charge in [0.05, 0.1) is 18.6 Å². The molecule has 120 valence electrons. The third kappa shape index (κ3) is 5.00. The molecule has 2 aromatic carbocycles. The highest BCUT2D eigenvalue weighted by Gasteiger charge is 2.07. The molecule has 0 saturated carbocycles. The zero-order chi connectivity index (χ0) is 16.8. The van der Waals surface area contributed by atoms with Crippen LogP contribution < -0.4 is 15.4 Å². The Balaban J connectivity index is 1.96. The third-order valence-electron chi connectivity index (χ3n) is 3.07. The molecule has 2 aromatic rings. The molecule has 2 rings (SSSR count). The summed E-state index contributed by atoms with van der Waals surface area (Å²) in [7, 11) is 1.54. The van der Waals surface area contributed by atoms with Crippen molar-refractivity contribution >= 4 is 34.8 Å². The zero-order valence-electron chi connectivity index (χ0n) is 12.9. The van der Waals surface area contributed by atoms with Crippen molar-refractivity contribution in [3.8, 4) is 5.75 Å². The Labute approximate surface area is 139 Å².